The summed E-state index contributed by atoms with van der Waals surface area (Å²) in [6, 6.07) is 0. The molecule has 2 rings (SSSR count). The van der Waals surface area contributed by atoms with Crippen LogP contribution >= 0.6 is 0 Å². The van der Waals surface area contributed by atoms with Crippen LogP contribution in [0.4, 0.5) is 0 Å². The molecule has 2 nitrogen and oxygen atoms in total. The van der Waals surface area contributed by atoms with Gasteiger partial charge in [0.05, 0.1) is 5.92 Å². The summed E-state index contributed by atoms with van der Waals surface area (Å²) in [4.78, 5) is 10.7. The first kappa shape index (κ1) is 8.09. The third-order valence-corrected chi connectivity index (χ3v) is 3.62. The molecule has 2 heteroatoms. The molecule has 0 aromatic heterocycles. The highest BCUT2D eigenvalue weighted by Gasteiger charge is 2.62. The Morgan fingerprint density at radius 3 is 2.42 bits per heavy atom. The van der Waals surface area contributed by atoms with Gasteiger partial charge < -0.3 is 5.11 Å². The maximum atomic E-state index is 10.7. The molecule has 1 N–H and O–H groups in total. The molecule has 0 radical (unpaired) electrons. The summed E-state index contributed by atoms with van der Waals surface area (Å²) in [6.45, 7) is 4.50. The molecule has 2 unspecified atom stereocenters. The zero-order valence-corrected chi connectivity index (χ0v) is 7.76. The third kappa shape index (κ3) is 1.05. The monoisotopic (exact) mass is 168 g/mol. The first-order chi connectivity index (χ1) is 5.45. The smallest absolute Gasteiger partial charge is 0.307 e. The summed E-state index contributed by atoms with van der Waals surface area (Å²) in [7, 11) is 0. The minimum Gasteiger partial charge on any atom is -0.481 e. The van der Waals surface area contributed by atoms with Crippen molar-refractivity contribution in [3.63, 3.8) is 0 Å². The molecule has 68 valence electrons. The molecule has 2 aliphatic rings. The van der Waals surface area contributed by atoms with Crippen molar-refractivity contribution in [2.24, 2.45) is 16.7 Å². The average molecular weight is 168 g/mol. The zero-order valence-electron chi connectivity index (χ0n) is 7.76. The highest BCUT2D eigenvalue weighted by Crippen LogP contribution is 2.67. The van der Waals surface area contributed by atoms with Crippen molar-refractivity contribution in [1.82, 2.24) is 0 Å². The Balaban J connectivity index is 2.06. The number of carboxylic acids is 1. The molecule has 0 aromatic carbocycles. The maximum Gasteiger partial charge on any atom is 0.307 e. The molecule has 2 aliphatic carbocycles. The Labute approximate surface area is 73.0 Å². The Kier molecular flexibility index (Phi) is 1.37. The second-order valence-electron chi connectivity index (χ2n) is 5.30. The van der Waals surface area contributed by atoms with E-state index >= 15 is 0 Å². The van der Waals surface area contributed by atoms with Crippen LogP contribution in [0.2, 0.25) is 0 Å². The lowest BCUT2D eigenvalue weighted by molar-refractivity contribution is -0.139. The number of rotatable bonds is 1. The zero-order chi connectivity index (χ0) is 8.98. The van der Waals surface area contributed by atoms with Gasteiger partial charge in [0.15, 0.2) is 0 Å². The lowest BCUT2D eigenvalue weighted by Gasteiger charge is -2.16. The van der Waals surface area contributed by atoms with Crippen molar-refractivity contribution < 1.29 is 9.90 Å². The molecule has 12 heavy (non-hydrogen) atoms. The van der Waals surface area contributed by atoms with E-state index in [2.05, 4.69) is 13.8 Å². The van der Waals surface area contributed by atoms with Crippen LogP contribution in [-0.4, -0.2) is 11.1 Å². The number of hydrogen-bond acceptors (Lipinski definition) is 1. The third-order valence-electron chi connectivity index (χ3n) is 3.62. The van der Waals surface area contributed by atoms with Crippen LogP contribution < -0.4 is 0 Å². The number of aliphatic carboxylic acids is 1. The SMILES string of the molecule is CC1(C)CCC2(CC2C(=O)O)C1. The average Bonchev–Trinajstić information content (AvgIpc) is 2.51. The normalized spacial score (nSPS) is 43.3. The van der Waals surface area contributed by atoms with Gasteiger partial charge in [0.2, 0.25) is 0 Å². The molecular formula is C10H16O2. The standard InChI is InChI=1S/C10H16O2/c1-9(2)3-4-10(6-9)5-7(10)8(11)12/h7H,3-6H2,1-2H3,(H,11,12). The highest BCUT2D eigenvalue weighted by atomic mass is 16.4. The molecule has 0 amide bonds. The molecule has 2 fully saturated rings. The lowest BCUT2D eigenvalue weighted by atomic mass is 9.89. The predicted molar refractivity (Wildman–Crippen MR) is 45.8 cm³/mol. The van der Waals surface area contributed by atoms with Gasteiger partial charge in [0.25, 0.3) is 0 Å². The maximum absolute atomic E-state index is 10.7. The molecule has 2 saturated carbocycles. The first-order valence-electron chi connectivity index (χ1n) is 4.68. The quantitative estimate of drug-likeness (QED) is 0.652. The molecule has 0 bridgehead atoms. The summed E-state index contributed by atoms with van der Waals surface area (Å²) >= 11 is 0. The molecule has 0 aromatic rings. The summed E-state index contributed by atoms with van der Waals surface area (Å²) in [5.74, 6) is -0.591. The fourth-order valence-electron chi connectivity index (χ4n) is 2.89. The summed E-state index contributed by atoms with van der Waals surface area (Å²) < 4.78 is 0. The van der Waals surface area contributed by atoms with Gasteiger partial charge in [-0.2, -0.15) is 0 Å². The Bertz CT molecular complexity index is 232. The van der Waals surface area contributed by atoms with E-state index in [1.54, 1.807) is 0 Å². The first-order valence-corrected chi connectivity index (χ1v) is 4.68. The molecular weight excluding hydrogens is 152 g/mol. The minimum atomic E-state index is -0.576. The van der Waals surface area contributed by atoms with Gasteiger partial charge in [0, 0.05) is 0 Å². The van der Waals surface area contributed by atoms with Crippen LogP contribution in [0.3, 0.4) is 0 Å². The van der Waals surface area contributed by atoms with Gasteiger partial charge in [0.1, 0.15) is 0 Å². The van der Waals surface area contributed by atoms with Crippen molar-refractivity contribution in [2.45, 2.75) is 39.5 Å². The van der Waals surface area contributed by atoms with Gasteiger partial charge >= 0.3 is 5.97 Å². The van der Waals surface area contributed by atoms with E-state index in [1.807, 2.05) is 0 Å². The predicted octanol–water partition coefficient (Wildman–Crippen LogP) is 2.29. The van der Waals surface area contributed by atoms with Gasteiger partial charge in [-0.05, 0) is 36.5 Å². The van der Waals surface area contributed by atoms with Crippen molar-refractivity contribution in [1.29, 1.82) is 0 Å². The van der Waals surface area contributed by atoms with Gasteiger partial charge in [-0.25, -0.2) is 0 Å². The van der Waals surface area contributed by atoms with Crippen molar-refractivity contribution in [3.8, 4) is 0 Å². The van der Waals surface area contributed by atoms with Gasteiger partial charge in [-0.1, -0.05) is 13.8 Å². The molecule has 1 spiro atoms. The second kappa shape index (κ2) is 2.04. The molecule has 2 atom stereocenters. The highest BCUT2D eigenvalue weighted by molar-refractivity contribution is 5.74. The fraction of sp³-hybridized carbons (Fsp3) is 0.900. The Morgan fingerprint density at radius 2 is 2.08 bits per heavy atom. The fourth-order valence-corrected chi connectivity index (χ4v) is 2.89. The van der Waals surface area contributed by atoms with Crippen LogP contribution in [0.15, 0.2) is 0 Å². The van der Waals surface area contributed by atoms with E-state index in [9.17, 15) is 4.79 Å². The second-order valence-corrected chi connectivity index (χ2v) is 5.30. The van der Waals surface area contributed by atoms with E-state index in [0.29, 0.717) is 5.41 Å². The van der Waals surface area contributed by atoms with Crippen LogP contribution in [0.25, 0.3) is 0 Å². The Hall–Kier alpha value is -0.530. The van der Waals surface area contributed by atoms with E-state index < -0.39 is 5.97 Å². The van der Waals surface area contributed by atoms with Crippen LogP contribution in [0.5, 0.6) is 0 Å². The van der Waals surface area contributed by atoms with Crippen molar-refractivity contribution in [3.05, 3.63) is 0 Å². The molecule has 0 aliphatic heterocycles. The minimum absolute atomic E-state index is 0.0146. The van der Waals surface area contributed by atoms with Gasteiger partial charge in [-0.15, -0.1) is 0 Å². The topological polar surface area (TPSA) is 37.3 Å². The van der Waals surface area contributed by atoms with Crippen LogP contribution in [0.1, 0.15) is 39.5 Å². The van der Waals surface area contributed by atoms with Crippen LogP contribution in [-0.2, 0) is 4.79 Å². The largest absolute Gasteiger partial charge is 0.481 e. The van der Waals surface area contributed by atoms with E-state index in [-0.39, 0.29) is 11.3 Å². The molecule has 0 heterocycles. The summed E-state index contributed by atoms with van der Waals surface area (Å²) in [5, 5.41) is 8.85. The van der Waals surface area contributed by atoms with Crippen molar-refractivity contribution in [2.75, 3.05) is 0 Å². The lowest BCUT2D eigenvalue weighted by Crippen LogP contribution is -2.10. The van der Waals surface area contributed by atoms with Crippen LogP contribution in [0, 0.1) is 16.7 Å². The van der Waals surface area contributed by atoms with E-state index in [1.165, 1.54) is 6.42 Å². The number of hydrogen-bond donors (Lipinski definition) is 1. The summed E-state index contributed by atoms with van der Waals surface area (Å²) in [5.41, 5.74) is 0.611. The summed E-state index contributed by atoms with van der Waals surface area (Å²) in [6.07, 6.45) is 4.40. The van der Waals surface area contributed by atoms with E-state index in [4.69, 9.17) is 5.11 Å². The van der Waals surface area contributed by atoms with Gasteiger partial charge in [-0.3, -0.25) is 4.79 Å². The van der Waals surface area contributed by atoms with Crippen molar-refractivity contribution >= 4 is 5.97 Å². The number of carboxylic acid groups (broad SMARTS) is 1. The number of carbonyl (C=O) groups is 1. The van der Waals surface area contributed by atoms with E-state index in [0.717, 1.165) is 19.3 Å². The molecule has 0 saturated heterocycles. The Morgan fingerprint density at radius 1 is 1.42 bits per heavy atom.